The number of hydrogen-bond donors (Lipinski definition) is 1. The lowest BCUT2D eigenvalue weighted by atomic mass is 9.84. The zero-order chi connectivity index (χ0) is 14.7. The highest BCUT2D eigenvalue weighted by molar-refractivity contribution is 5.80. The molecule has 0 saturated heterocycles. The average Bonchev–Trinajstić information content (AvgIpc) is 2.55. The molecule has 1 aromatic carbocycles. The second-order valence-electron chi connectivity index (χ2n) is 6.01. The SMILES string of the molecule is CNC(Cn1ncc2ccccc2c1=O)C1CCCCC1. The number of fused-ring (bicyclic) bond motifs is 1. The molecule has 1 saturated carbocycles. The predicted octanol–water partition coefficient (Wildman–Crippen LogP) is 2.56. The van der Waals surface area contributed by atoms with Crippen molar-refractivity contribution in [3.05, 3.63) is 40.8 Å². The van der Waals surface area contributed by atoms with Crippen molar-refractivity contribution in [2.45, 2.75) is 44.7 Å². The summed E-state index contributed by atoms with van der Waals surface area (Å²) < 4.78 is 1.62. The van der Waals surface area contributed by atoms with Gasteiger partial charge in [-0.2, -0.15) is 5.10 Å². The van der Waals surface area contributed by atoms with Gasteiger partial charge in [0.2, 0.25) is 0 Å². The van der Waals surface area contributed by atoms with E-state index in [-0.39, 0.29) is 5.56 Å². The van der Waals surface area contributed by atoms with Crippen LogP contribution in [0.4, 0.5) is 0 Å². The summed E-state index contributed by atoms with van der Waals surface area (Å²) in [6.07, 6.45) is 8.28. The molecular weight excluding hydrogens is 262 g/mol. The summed E-state index contributed by atoms with van der Waals surface area (Å²) in [4.78, 5) is 12.5. The number of rotatable bonds is 4. The van der Waals surface area contributed by atoms with Gasteiger partial charge < -0.3 is 5.32 Å². The number of benzene rings is 1. The summed E-state index contributed by atoms with van der Waals surface area (Å²) in [5.41, 5.74) is 0.0177. The van der Waals surface area contributed by atoms with Gasteiger partial charge in [0.25, 0.3) is 5.56 Å². The number of aromatic nitrogens is 2. The summed E-state index contributed by atoms with van der Waals surface area (Å²) in [6.45, 7) is 0.658. The molecule has 1 fully saturated rings. The van der Waals surface area contributed by atoms with Gasteiger partial charge in [0.05, 0.1) is 18.1 Å². The second kappa shape index (κ2) is 6.39. The van der Waals surface area contributed by atoms with Crippen LogP contribution in [-0.4, -0.2) is 22.9 Å². The number of hydrogen-bond acceptors (Lipinski definition) is 3. The van der Waals surface area contributed by atoms with Gasteiger partial charge in [-0.1, -0.05) is 37.5 Å². The Balaban J connectivity index is 1.86. The van der Waals surface area contributed by atoms with Crippen molar-refractivity contribution in [1.82, 2.24) is 15.1 Å². The smallest absolute Gasteiger partial charge is 0.274 e. The van der Waals surface area contributed by atoms with E-state index >= 15 is 0 Å². The first-order chi connectivity index (χ1) is 10.3. The van der Waals surface area contributed by atoms with E-state index in [4.69, 9.17) is 0 Å². The van der Waals surface area contributed by atoms with Crippen LogP contribution in [0.15, 0.2) is 35.3 Å². The van der Waals surface area contributed by atoms with Crippen LogP contribution in [0, 0.1) is 5.92 Å². The molecule has 0 amide bonds. The monoisotopic (exact) mass is 285 g/mol. The quantitative estimate of drug-likeness (QED) is 0.939. The molecule has 1 aliphatic carbocycles. The van der Waals surface area contributed by atoms with Crippen molar-refractivity contribution >= 4 is 10.8 Å². The van der Waals surface area contributed by atoms with Gasteiger partial charge >= 0.3 is 0 Å². The summed E-state index contributed by atoms with van der Waals surface area (Å²) in [6, 6.07) is 7.99. The lowest BCUT2D eigenvalue weighted by molar-refractivity contribution is 0.250. The normalized spacial score (nSPS) is 18.0. The molecule has 21 heavy (non-hydrogen) atoms. The Morgan fingerprint density at radius 3 is 2.81 bits per heavy atom. The van der Waals surface area contributed by atoms with Crippen molar-refractivity contribution in [2.75, 3.05) is 7.05 Å². The van der Waals surface area contributed by atoms with Crippen LogP contribution in [0.3, 0.4) is 0 Å². The first-order valence-electron chi connectivity index (χ1n) is 7.91. The third-order valence-electron chi connectivity index (χ3n) is 4.72. The molecule has 1 N–H and O–H groups in total. The Morgan fingerprint density at radius 2 is 2.05 bits per heavy atom. The minimum Gasteiger partial charge on any atom is -0.315 e. The molecule has 4 heteroatoms. The maximum absolute atomic E-state index is 12.5. The fraction of sp³-hybridized carbons (Fsp3) is 0.529. The van der Waals surface area contributed by atoms with Crippen molar-refractivity contribution in [3.8, 4) is 0 Å². The van der Waals surface area contributed by atoms with Crippen molar-refractivity contribution in [3.63, 3.8) is 0 Å². The van der Waals surface area contributed by atoms with Gasteiger partial charge in [-0.05, 0) is 31.9 Å². The van der Waals surface area contributed by atoms with E-state index in [9.17, 15) is 4.79 Å². The summed E-state index contributed by atoms with van der Waals surface area (Å²) in [7, 11) is 1.99. The third-order valence-corrected chi connectivity index (χ3v) is 4.72. The number of nitrogens with zero attached hydrogens (tertiary/aromatic N) is 2. The van der Waals surface area contributed by atoms with Crippen LogP contribution in [0.25, 0.3) is 10.8 Å². The third kappa shape index (κ3) is 3.00. The lowest BCUT2D eigenvalue weighted by Crippen LogP contribution is -2.41. The molecule has 0 aliphatic heterocycles. The fourth-order valence-electron chi connectivity index (χ4n) is 3.46. The predicted molar refractivity (Wildman–Crippen MR) is 85.4 cm³/mol. The van der Waals surface area contributed by atoms with Gasteiger partial charge in [-0.3, -0.25) is 4.79 Å². The van der Waals surface area contributed by atoms with Gasteiger partial charge in [-0.15, -0.1) is 0 Å². The molecule has 1 unspecified atom stereocenters. The number of nitrogens with one attached hydrogen (secondary N) is 1. The molecule has 4 nitrogen and oxygen atoms in total. The van der Waals surface area contributed by atoms with Crippen molar-refractivity contribution in [2.24, 2.45) is 5.92 Å². The molecule has 1 aliphatic rings. The summed E-state index contributed by atoms with van der Waals surface area (Å²) in [5.74, 6) is 0.656. The standard InChI is InChI=1S/C17H23N3O/c1-18-16(13-7-3-2-4-8-13)12-20-17(21)15-10-6-5-9-14(15)11-19-20/h5-6,9-11,13,16,18H,2-4,7-8,12H2,1H3. The van der Waals surface area contributed by atoms with E-state index in [1.165, 1.54) is 32.1 Å². The maximum atomic E-state index is 12.5. The molecule has 0 spiro atoms. The maximum Gasteiger partial charge on any atom is 0.274 e. The molecule has 0 bridgehead atoms. The van der Waals surface area contributed by atoms with E-state index < -0.39 is 0 Å². The van der Waals surface area contributed by atoms with Crippen LogP contribution in [-0.2, 0) is 6.54 Å². The van der Waals surface area contributed by atoms with Crippen molar-refractivity contribution in [1.29, 1.82) is 0 Å². The minimum absolute atomic E-state index is 0.0177. The Kier molecular flexibility index (Phi) is 4.34. The van der Waals surface area contributed by atoms with Crippen LogP contribution >= 0.6 is 0 Å². The topological polar surface area (TPSA) is 46.9 Å². The molecule has 2 aromatic rings. The van der Waals surface area contributed by atoms with Gasteiger partial charge in [0, 0.05) is 11.4 Å². The van der Waals surface area contributed by atoms with Crippen LogP contribution in [0.1, 0.15) is 32.1 Å². The van der Waals surface area contributed by atoms with Gasteiger partial charge in [0.15, 0.2) is 0 Å². The van der Waals surface area contributed by atoms with Crippen molar-refractivity contribution < 1.29 is 0 Å². The molecule has 1 aromatic heterocycles. The minimum atomic E-state index is 0.0177. The average molecular weight is 285 g/mol. The molecule has 0 radical (unpaired) electrons. The van der Waals surface area contributed by atoms with E-state index in [1.54, 1.807) is 10.9 Å². The highest BCUT2D eigenvalue weighted by atomic mass is 16.1. The van der Waals surface area contributed by atoms with E-state index in [0.29, 0.717) is 18.5 Å². The van der Waals surface area contributed by atoms with Gasteiger partial charge in [-0.25, -0.2) is 4.68 Å². The number of likely N-dealkylation sites (N-methyl/N-ethyl adjacent to an activating group) is 1. The second-order valence-corrected chi connectivity index (χ2v) is 6.01. The molecule has 1 heterocycles. The van der Waals surface area contributed by atoms with Crippen LogP contribution in [0.5, 0.6) is 0 Å². The van der Waals surface area contributed by atoms with E-state index in [1.807, 2.05) is 31.3 Å². The molecule has 3 rings (SSSR count). The van der Waals surface area contributed by atoms with Gasteiger partial charge in [0.1, 0.15) is 0 Å². The molecule has 1 atom stereocenters. The van der Waals surface area contributed by atoms with E-state index in [2.05, 4.69) is 10.4 Å². The first-order valence-corrected chi connectivity index (χ1v) is 7.91. The Labute approximate surface area is 125 Å². The molecular formula is C17H23N3O. The van der Waals surface area contributed by atoms with Crippen LogP contribution < -0.4 is 10.9 Å². The largest absolute Gasteiger partial charge is 0.315 e. The zero-order valence-corrected chi connectivity index (χ0v) is 12.6. The highest BCUT2D eigenvalue weighted by Gasteiger charge is 2.23. The summed E-state index contributed by atoms with van der Waals surface area (Å²) >= 11 is 0. The Bertz CT molecular complexity index is 658. The lowest BCUT2D eigenvalue weighted by Gasteiger charge is -2.30. The van der Waals surface area contributed by atoms with E-state index in [0.717, 1.165) is 10.8 Å². The Hall–Kier alpha value is -1.68. The highest BCUT2D eigenvalue weighted by Crippen LogP contribution is 2.26. The van der Waals surface area contributed by atoms with Crippen LogP contribution in [0.2, 0.25) is 0 Å². The molecule has 112 valence electrons. The zero-order valence-electron chi connectivity index (χ0n) is 12.6. The Morgan fingerprint density at radius 1 is 1.29 bits per heavy atom. The first kappa shape index (κ1) is 14.3. The fourth-order valence-corrected chi connectivity index (χ4v) is 3.46. The summed E-state index contributed by atoms with van der Waals surface area (Å²) in [5, 5.41) is 9.42.